The maximum atomic E-state index is 11.7. The van der Waals surface area contributed by atoms with Crippen molar-refractivity contribution in [1.29, 1.82) is 0 Å². The van der Waals surface area contributed by atoms with E-state index < -0.39 is 0 Å². The summed E-state index contributed by atoms with van der Waals surface area (Å²) in [6, 6.07) is 7.35. The number of carbonyl (C=O) groups is 2. The lowest BCUT2D eigenvalue weighted by molar-refractivity contribution is -0.148. The van der Waals surface area contributed by atoms with Gasteiger partial charge in [-0.25, -0.2) is 0 Å². The fourth-order valence-corrected chi connectivity index (χ4v) is 1.82. The van der Waals surface area contributed by atoms with Crippen molar-refractivity contribution in [3.63, 3.8) is 0 Å². The molecule has 1 rings (SSSR count). The molecule has 0 unspecified atom stereocenters. The molecule has 0 spiro atoms. The standard InChI is InChI=1S/C17H26N2O3/c1-13(2)17(21)22-12-14-7-9-15(10-8-14)19-16(20)6-4-5-11-18-3/h7-10,13,18H,4-6,11-12H2,1-3H3,(H,19,20). The molecule has 0 saturated carbocycles. The number of esters is 1. The smallest absolute Gasteiger partial charge is 0.308 e. The van der Waals surface area contributed by atoms with Crippen LogP contribution in [0.2, 0.25) is 0 Å². The summed E-state index contributed by atoms with van der Waals surface area (Å²) >= 11 is 0. The van der Waals surface area contributed by atoms with E-state index in [0.29, 0.717) is 6.42 Å². The average molecular weight is 306 g/mol. The van der Waals surface area contributed by atoms with E-state index in [1.165, 1.54) is 0 Å². The van der Waals surface area contributed by atoms with Crippen LogP contribution in [0, 0.1) is 5.92 Å². The molecule has 1 amide bonds. The SMILES string of the molecule is CNCCCCC(=O)Nc1ccc(COC(=O)C(C)C)cc1. The summed E-state index contributed by atoms with van der Waals surface area (Å²) in [6.45, 7) is 4.79. The van der Waals surface area contributed by atoms with Crippen LogP contribution in [0.5, 0.6) is 0 Å². The number of hydrogen-bond donors (Lipinski definition) is 2. The molecule has 22 heavy (non-hydrogen) atoms. The zero-order valence-corrected chi connectivity index (χ0v) is 13.6. The topological polar surface area (TPSA) is 67.4 Å². The van der Waals surface area contributed by atoms with E-state index in [1.807, 2.05) is 31.3 Å². The quantitative estimate of drug-likeness (QED) is 0.544. The second kappa shape index (κ2) is 9.95. The number of ether oxygens (including phenoxy) is 1. The van der Waals surface area contributed by atoms with Crippen LogP contribution in [0.1, 0.15) is 38.7 Å². The Hall–Kier alpha value is -1.88. The molecule has 122 valence electrons. The number of unbranched alkanes of at least 4 members (excludes halogenated alkanes) is 1. The molecule has 2 N–H and O–H groups in total. The lowest BCUT2D eigenvalue weighted by Crippen LogP contribution is -2.13. The van der Waals surface area contributed by atoms with Gasteiger partial charge in [0.25, 0.3) is 0 Å². The number of amides is 1. The molecule has 0 heterocycles. The third-order valence-electron chi connectivity index (χ3n) is 3.17. The predicted molar refractivity (Wildman–Crippen MR) is 87.5 cm³/mol. The van der Waals surface area contributed by atoms with Gasteiger partial charge in [0.15, 0.2) is 0 Å². The minimum Gasteiger partial charge on any atom is -0.461 e. The minimum absolute atomic E-state index is 0.0232. The van der Waals surface area contributed by atoms with Crippen molar-refractivity contribution < 1.29 is 14.3 Å². The number of rotatable bonds is 9. The van der Waals surface area contributed by atoms with E-state index in [-0.39, 0.29) is 24.4 Å². The molecule has 0 atom stereocenters. The van der Waals surface area contributed by atoms with Crippen molar-refractivity contribution in [2.75, 3.05) is 18.9 Å². The largest absolute Gasteiger partial charge is 0.461 e. The van der Waals surface area contributed by atoms with Crippen LogP contribution in [-0.4, -0.2) is 25.5 Å². The summed E-state index contributed by atoms with van der Waals surface area (Å²) in [6.07, 6.45) is 2.38. The van der Waals surface area contributed by atoms with Crippen molar-refractivity contribution in [3.05, 3.63) is 29.8 Å². The third-order valence-corrected chi connectivity index (χ3v) is 3.17. The minimum atomic E-state index is -0.209. The van der Waals surface area contributed by atoms with Crippen LogP contribution in [0.3, 0.4) is 0 Å². The van der Waals surface area contributed by atoms with Gasteiger partial charge >= 0.3 is 5.97 Å². The Kier molecular flexibility index (Phi) is 8.22. The molecule has 0 fully saturated rings. The maximum Gasteiger partial charge on any atom is 0.308 e. The van der Waals surface area contributed by atoms with Crippen LogP contribution in [0.15, 0.2) is 24.3 Å². The van der Waals surface area contributed by atoms with Crippen molar-refractivity contribution in [3.8, 4) is 0 Å². The second-order valence-corrected chi connectivity index (χ2v) is 5.57. The molecule has 0 bridgehead atoms. The second-order valence-electron chi connectivity index (χ2n) is 5.57. The Balaban J connectivity index is 2.35. The van der Waals surface area contributed by atoms with Crippen LogP contribution in [0.4, 0.5) is 5.69 Å². The van der Waals surface area contributed by atoms with Crippen molar-refractivity contribution >= 4 is 17.6 Å². The average Bonchev–Trinajstić information content (AvgIpc) is 2.50. The van der Waals surface area contributed by atoms with Gasteiger partial charge in [-0.2, -0.15) is 0 Å². The fourth-order valence-electron chi connectivity index (χ4n) is 1.82. The van der Waals surface area contributed by atoms with E-state index in [1.54, 1.807) is 13.8 Å². The Labute approximate surface area is 132 Å². The third kappa shape index (κ3) is 7.22. The molecule has 1 aromatic carbocycles. The van der Waals surface area contributed by atoms with E-state index in [2.05, 4.69) is 10.6 Å². The van der Waals surface area contributed by atoms with Gasteiger partial charge in [0.1, 0.15) is 6.61 Å². The first-order chi connectivity index (χ1) is 10.5. The van der Waals surface area contributed by atoms with Gasteiger partial charge < -0.3 is 15.4 Å². The fraction of sp³-hybridized carbons (Fsp3) is 0.529. The van der Waals surface area contributed by atoms with Crippen LogP contribution < -0.4 is 10.6 Å². The highest BCUT2D eigenvalue weighted by molar-refractivity contribution is 5.90. The van der Waals surface area contributed by atoms with Gasteiger partial charge in [-0.05, 0) is 44.1 Å². The monoisotopic (exact) mass is 306 g/mol. The van der Waals surface area contributed by atoms with Crippen LogP contribution >= 0.6 is 0 Å². The van der Waals surface area contributed by atoms with Crippen molar-refractivity contribution in [1.82, 2.24) is 5.32 Å². The van der Waals surface area contributed by atoms with Gasteiger partial charge in [0, 0.05) is 12.1 Å². The van der Waals surface area contributed by atoms with Crippen molar-refractivity contribution in [2.24, 2.45) is 5.92 Å². The van der Waals surface area contributed by atoms with Gasteiger partial charge in [-0.15, -0.1) is 0 Å². The molecule has 0 aliphatic carbocycles. The zero-order chi connectivity index (χ0) is 16.4. The lowest BCUT2D eigenvalue weighted by Gasteiger charge is -2.09. The molecular formula is C17H26N2O3. The number of anilines is 1. The van der Waals surface area contributed by atoms with E-state index >= 15 is 0 Å². The summed E-state index contributed by atoms with van der Waals surface area (Å²) in [7, 11) is 1.90. The predicted octanol–water partition coefficient (Wildman–Crippen LogP) is 2.71. The summed E-state index contributed by atoms with van der Waals surface area (Å²) in [4.78, 5) is 23.1. The first kappa shape index (κ1) is 18.2. The zero-order valence-electron chi connectivity index (χ0n) is 13.6. The van der Waals surface area contributed by atoms with Gasteiger partial charge in [-0.3, -0.25) is 9.59 Å². The van der Waals surface area contributed by atoms with E-state index in [4.69, 9.17) is 4.74 Å². The molecule has 0 aromatic heterocycles. The summed E-state index contributed by atoms with van der Waals surface area (Å²) in [5.41, 5.74) is 1.67. The number of benzene rings is 1. The highest BCUT2D eigenvalue weighted by Gasteiger charge is 2.08. The lowest BCUT2D eigenvalue weighted by atomic mass is 10.2. The molecule has 5 heteroatoms. The number of hydrogen-bond acceptors (Lipinski definition) is 4. The maximum absolute atomic E-state index is 11.7. The summed E-state index contributed by atoms with van der Waals surface area (Å²) in [5, 5.41) is 5.92. The van der Waals surface area contributed by atoms with E-state index in [9.17, 15) is 9.59 Å². The van der Waals surface area contributed by atoms with Gasteiger partial charge in [-0.1, -0.05) is 26.0 Å². The molecule has 0 aliphatic rings. The highest BCUT2D eigenvalue weighted by Crippen LogP contribution is 2.12. The summed E-state index contributed by atoms with van der Waals surface area (Å²) < 4.78 is 5.15. The Bertz CT molecular complexity index is 469. The van der Waals surface area contributed by atoms with Crippen LogP contribution in [0.25, 0.3) is 0 Å². The van der Waals surface area contributed by atoms with Crippen molar-refractivity contribution in [2.45, 2.75) is 39.7 Å². The first-order valence-electron chi connectivity index (χ1n) is 7.73. The normalized spacial score (nSPS) is 10.5. The Morgan fingerprint density at radius 1 is 1.14 bits per heavy atom. The molecule has 0 aliphatic heterocycles. The van der Waals surface area contributed by atoms with Gasteiger partial charge in [0.05, 0.1) is 5.92 Å². The first-order valence-corrected chi connectivity index (χ1v) is 7.73. The molecule has 0 saturated heterocycles. The summed E-state index contributed by atoms with van der Waals surface area (Å²) in [5.74, 6) is -0.310. The Morgan fingerprint density at radius 3 is 2.41 bits per heavy atom. The molecule has 5 nitrogen and oxygen atoms in total. The molecular weight excluding hydrogens is 280 g/mol. The van der Waals surface area contributed by atoms with Gasteiger partial charge in [0.2, 0.25) is 5.91 Å². The number of nitrogens with one attached hydrogen (secondary N) is 2. The molecule has 1 aromatic rings. The van der Waals surface area contributed by atoms with Crippen LogP contribution in [-0.2, 0) is 20.9 Å². The van der Waals surface area contributed by atoms with E-state index in [0.717, 1.165) is 30.6 Å². The Morgan fingerprint density at radius 2 is 1.82 bits per heavy atom. The number of carbonyl (C=O) groups excluding carboxylic acids is 2. The molecule has 0 radical (unpaired) electrons. The highest BCUT2D eigenvalue weighted by atomic mass is 16.5.